The lowest BCUT2D eigenvalue weighted by atomic mass is 9.95. The zero-order valence-corrected chi connectivity index (χ0v) is 72.8. The summed E-state index contributed by atoms with van der Waals surface area (Å²) in [6.45, 7) is 41.0. The number of rotatable bonds is 12. The molecule has 0 bridgehead atoms. The summed E-state index contributed by atoms with van der Waals surface area (Å²) in [6.07, 6.45) is 23.3. The van der Waals surface area contributed by atoms with Crippen molar-refractivity contribution in [2.75, 3.05) is 0 Å². The molecule has 0 aliphatic carbocycles. The Kier molecular flexibility index (Phi) is 25.7. The van der Waals surface area contributed by atoms with Gasteiger partial charge in [0.1, 0.15) is 0 Å². The minimum atomic E-state index is 0.513. The number of pyridine rings is 6. The number of hydrogen-bond donors (Lipinski definition) is 0. The Morgan fingerprint density at radius 2 is 0.686 bits per heavy atom. The summed E-state index contributed by atoms with van der Waals surface area (Å²) >= 11 is 0. The highest BCUT2D eigenvalue weighted by atomic mass is 15.3. The van der Waals surface area contributed by atoms with Crippen molar-refractivity contribution in [3.05, 3.63) is 297 Å². The first-order valence-electron chi connectivity index (χ1n) is 41.3. The van der Waals surface area contributed by atoms with Crippen LogP contribution in [0.5, 0.6) is 0 Å². The standard InChI is InChI=1S/4C17H19N3.2C17H18N2/c1-11(2)13-5-6-18-16(9-13)15-8-14-10-19-20(4)17(14)7-12(15)3;1-11(2)13-5-6-18-17(9-13)15-8-14-10-20(4)19-16(14)7-12(15)3;1-11(2)13-7-8-18-16(9-13)14-5-6-17-15(12(14)3)10-19-20(17)4;1-11(2)13-7-8-18-17(9-13)14-5-6-16-15(12(14)3)10-20(4)19-16;1-11(2)13-4-5-19-17(8-13)16-7-15-10-18-9-14(15)6-12(16)3;1-11(2)13-6-7-19-17(8-13)15-5-4-14-9-18-10-16(14)12(15)3/h4*5-11H,1-4H3;2*4-8,10-11H,9H2,1-3H3. The van der Waals surface area contributed by atoms with Crippen LogP contribution in [0.3, 0.4) is 0 Å². The molecule has 2 aliphatic rings. The molecule has 6 aromatic carbocycles. The van der Waals surface area contributed by atoms with E-state index in [2.05, 4.69) is 337 Å². The first-order chi connectivity index (χ1) is 56.5. The van der Waals surface area contributed by atoms with Crippen molar-refractivity contribution < 1.29 is 0 Å². The molecule has 600 valence electrons. The van der Waals surface area contributed by atoms with E-state index in [4.69, 9.17) is 0 Å². The van der Waals surface area contributed by atoms with Gasteiger partial charge >= 0.3 is 0 Å². The lowest BCUT2D eigenvalue weighted by molar-refractivity contribution is 0.779. The van der Waals surface area contributed by atoms with Gasteiger partial charge in [-0.05, 0) is 276 Å². The maximum Gasteiger partial charge on any atom is 0.0926 e. The van der Waals surface area contributed by atoms with Crippen molar-refractivity contribution in [2.24, 2.45) is 38.2 Å². The average Bonchev–Trinajstić information content (AvgIpc) is 1.88. The molecule has 10 aromatic heterocycles. The molecule has 0 saturated carbocycles. The van der Waals surface area contributed by atoms with Gasteiger partial charge in [0.25, 0.3) is 0 Å². The molecule has 0 N–H and O–H groups in total. The van der Waals surface area contributed by atoms with Crippen LogP contribution in [0.4, 0.5) is 0 Å². The van der Waals surface area contributed by atoms with Crippen molar-refractivity contribution in [1.29, 1.82) is 0 Å². The third-order valence-electron chi connectivity index (χ3n) is 22.8. The molecule has 12 heterocycles. The van der Waals surface area contributed by atoms with Crippen LogP contribution in [0.15, 0.2) is 218 Å². The molecule has 2 aliphatic heterocycles. The number of aromatic nitrogens is 14. The molecule has 0 fully saturated rings. The SMILES string of the molecule is Cc1c(-c2cc(C(C)C)ccn2)ccc2c1C=NC2.Cc1c(-c2cc(C(C)C)ccn2)ccc2c1cnn2C.Cc1c(-c2cc(C(C)C)ccn2)ccc2nn(C)cc12.Cc1cc2c(cc1-c1cc(C(C)C)ccn1)C=NC2.Cc1cc2c(cnn2C)cc1-c1cc(C(C)C)ccn1.Cc1cc2nn(C)cc2cc1-c1cc(C(C)C)ccn1. The predicted molar refractivity (Wildman–Crippen MR) is 491 cm³/mol. The number of benzene rings is 6. The molecule has 0 saturated heterocycles. The van der Waals surface area contributed by atoms with E-state index in [1.165, 1.54) is 133 Å². The summed E-state index contributed by atoms with van der Waals surface area (Å²) in [5, 5.41) is 22.3. The van der Waals surface area contributed by atoms with Gasteiger partial charge in [0.2, 0.25) is 0 Å². The summed E-state index contributed by atoms with van der Waals surface area (Å²) in [5.74, 6) is 3.10. The topological polar surface area (TPSA) is 173 Å². The van der Waals surface area contributed by atoms with Crippen LogP contribution in [0, 0.1) is 41.5 Å². The van der Waals surface area contributed by atoms with Crippen molar-refractivity contribution >= 4 is 56.0 Å². The van der Waals surface area contributed by atoms with Crippen LogP contribution in [0.2, 0.25) is 0 Å². The zero-order valence-electron chi connectivity index (χ0n) is 72.8. The number of aryl methyl sites for hydroxylation is 9. The third-order valence-corrected chi connectivity index (χ3v) is 22.8. The van der Waals surface area contributed by atoms with Gasteiger partial charge in [-0.25, -0.2) is 0 Å². The molecule has 16 nitrogen and oxygen atoms in total. The second-order valence-electron chi connectivity index (χ2n) is 33.3. The summed E-state index contributed by atoms with van der Waals surface area (Å²) in [7, 11) is 7.85. The molecule has 0 radical (unpaired) electrons. The summed E-state index contributed by atoms with van der Waals surface area (Å²) < 4.78 is 7.53. The molecule has 0 unspecified atom stereocenters. The fourth-order valence-electron chi connectivity index (χ4n) is 15.3. The van der Waals surface area contributed by atoms with Crippen LogP contribution >= 0.6 is 0 Å². The second-order valence-corrected chi connectivity index (χ2v) is 33.3. The van der Waals surface area contributed by atoms with Crippen LogP contribution in [0.25, 0.3) is 111 Å². The van der Waals surface area contributed by atoms with Gasteiger partial charge in [0, 0.05) is 151 Å². The normalized spacial score (nSPS) is 12.0. The number of nitrogens with zero attached hydrogens (tertiary/aromatic N) is 16. The molecule has 0 amide bonds. The molecule has 18 rings (SSSR count). The van der Waals surface area contributed by atoms with Crippen LogP contribution < -0.4 is 0 Å². The summed E-state index contributed by atoms with van der Waals surface area (Å²) in [5.41, 5.74) is 38.4. The van der Waals surface area contributed by atoms with E-state index < -0.39 is 0 Å². The van der Waals surface area contributed by atoms with Gasteiger partial charge in [0.05, 0.1) is 81.7 Å². The van der Waals surface area contributed by atoms with E-state index in [0.717, 1.165) is 80.1 Å². The Morgan fingerprint density at radius 3 is 1.19 bits per heavy atom. The number of fused-ring (bicyclic) bond motifs is 6. The zero-order chi connectivity index (χ0) is 83.9. The minimum Gasteiger partial charge on any atom is -0.288 e. The maximum absolute atomic E-state index is 4.54. The van der Waals surface area contributed by atoms with Gasteiger partial charge < -0.3 is 0 Å². The van der Waals surface area contributed by atoms with Crippen molar-refractivity contribution in [3.63, 3.8) is 0 Å². The quantitative estimate of drug-likeness (QED) is 0.115. The van der Waals surface area contributed by atoms with Crippen molar-refractivity contribution in [3.8, 4) is 67.5 Å². The molecule has 118 heavy (non-hydrogen) atoms. The highest BCUT2D eigenvalue weighted by Gasteiger charge is 2.19. The molecule has 0 atom stereocenters. The maximum atomic E-state index is 4.54. The van der Waals surface area contributed by atoms with Crippen LogP contribution in [-0.4, -0.2) is 81.5 Å². The van der Waals surface area contributed by atoms with Crippen molar-refractivity contribution in [2.45, 2.75) is 173 Å². The van der Waals surface area contributed by atoms with Crippen molar-refractivity contribution in [1.82, 2.24) is 69.0 Å². The highest BCUT2D eigenvalue weighted by molar-refractivity contribution is 5.93. The van der Waals surface area contributed by atoms with Crippen LogP contribution in [-0.2, 0) is 41.3 Å². The average molecular weight is 1560 g/mol. The fraction of sp³-hybridized carbons (Fsp3) is 0.294. The van der Waals surface area contributed by atoms with E-state index in [0.29, 0.717) is 35.5 Å². The summed E-state index contributed by atoms with van der Waals surface area (Å²) in [6, 6.07) is 51.7. The first kappa shape index (κ1) is 83.4. The third kappa shape index (κ3) is 18.8. The van der Waals surface area contributed by atoms with Gasteiger partial charge in [-0.3, -0.25) is 58.6 Å². The van der Waals surface area contributed by atoms with Gasteiger partial charge in [-0.2, -0.15) is 20.4 Å². The largest absolute Gasteiger partial charge is 0.288 e. The second kappa shape index (κ2) is 36.3. The van der Waals surface area contributed by atoms with E-state index in [-0.39, 0.29) is 0 Å². The van der Waals surface area contributed by atoms with Gasteiger partial charge in [-0.1, -0.05) is 113 Å². The van der Waals surface area contributed by atoms with E-state index in [9.17, 15) is 0 Å². The van der Waals surface area contributed by atoms with E-state index >= 15 is 0 Å². The monoisotopic (exact) mass is 1560 g/mol. The molecule has 16 heteroatoms. The number of hydrogen-bond acceptors (Lipinski definition) is 12. The van der Waals surface area contributed by atoms with E-state index in [1.54, 1.807) is 0 Å². The Bertz CT molecular complexity index is 6090. The van der Waals surface area contributed by atoms with Crippen LogP contribution in [0.1, 0.15) is 208 Å². The molecular weight excluding hydrogens is 1450 g/mol. The smallest absolute Gasteiger partial charge is 0.0926 e. The molecule has 0 spiro atoms. The number of aliphatic imine (C=N–C) groups is 2. The Hall–Kier alpha value is -12.6. The highest BCUT2D eigenvalue weighted by Crippen LogP contribution is 2.37. The minimum absolute atomic E-state index is 0.513. The lowest BCUT2D eigenvalue weighted by Gasteiger charge is -2.11. The van der Waals surface area contributed by atoms with Gasteiger partial charge in [0.15, 0.2) is 0 Å². The Morgan fingerprint density at radius 1 is 0.305 bits per heavy atom. The molecule has 16 aromatic rings. The fourth-order valence-corrected chi connectivity index (χ4v) is 15.3. The summed E-state index contributed by atoms with van der Waals surface area (Å²) in [4.78, 5) is 35.9. The predicted octanol–water partition coefficient (Wildman–Crippen LogP) is 24.5. The Labute approximate surface area is 696 Å². The lowest BCUT2D eigenvalue weighted by Crippen LogP contribution is -1.96. The molecular formula is C102H112N16. The van der Waals surface area contributed by atoms with Gasteiger partial charge in [-0.15, -0.1) is 0 Å². The van der Waals surface area contributed by atoms with E-state index in [1.807, 2.05) is 115 Å². The Balaban J connectivity index is 0.000000123. The first-order valence-corrected chi connectivity index (χ1v) is 41.3.